The molecule has 0 aliphatic heterocycles. The highest BCUT2D eigenvalue weighted by atomic mass is 16.6. The number of rotatable bonds is 6. The molecule has 148 valence electrons. The van der Waals surface area contributed by atoms with Gasteiger partial charge in [-0.25, -0.2) is 0 Å². The summed E-state index contributed by atoms with van der Waals surface area (Å²) in [4.78, 5) is 27.5. The molecule has 3 rings (SSSR count). The molecule has 0 bridgehead atoms. The van der Waals surface area contributed by atoms with Gasteiger partial charge in [0.05, 0.1) is 16.4 Å². The van der Waals surface area contributed by atoms with Crippen LogP contribution in [0.15, 0.2) is 60.8 Å². The smallest absolute Gasteiger partial charge is 0.279 e. The predicted molar refractivity (Wildman–Crippen MR) is 111 cm³/mol. The third-order valence-electron chi connectivity index (χ3n) is 4.51. The Bertz CT molecular complexity index is 1080. The summed E-state index contributed by atoms with van der Waals surface area (Å²) in [6.07, 6.45) is 4.94. The van der Waals surface area contributed by atoms with Crippen LogP contribution in [-0.2, 0) is 4.79 Å². The highest BCUT2D eigenvalue weighted by Gasteiger charge is 2.25. The normalized spacial score (nSPS) is 12.4. The molecular formula is C22H21N3O4. The van der Waals surface area contributed by atoms with Crippen molar-refractivity contribution in [3.05, 3.63) is 82.0 Å². The van der Waals surface area contributed by atoms with Gasteiger partial charge in [-0.05, 0) is 17.7 Å². The molecule has 0 saturated heterocycles. The maximum atomic E-state index is 12.4. The Morgan fingerprint density at radius 2 is 1.93 bits per heavy atom. The first-order valence-corrected chi connectivity index (χ1v) is 9.17. The van der Waals surface area contributed by atoms with Gasteiger partial charge >= 0.3 is 0 Å². The number of non-ortho nitro benzene ring substituents is 1. The van der Waals surface area contributed by atoms with Crippen molar-refractivity contribution in [1.82, 2.24) is 10.3 Å². The largest absolute Gasteiger partial charge is 0.505 e. The topological polar surface area (TPSA) is 105 Å². The molecule has 0 aliphatic rings. The number of aromatic nitrogens is 1. The van der Waals surface area contributed by atoms with Gasteiger partial charge in [-0.3, -0.25) is 19.9 Å². The van der Waals surface area contributed by atoms with Crippen molar-refractivity contribution in [2.24, 2.45) is 5.92 Å². The minimum Gasteiger partial charge on any atom is -0.505 e. The molecule has 1 amide bonds. The number of carbonyl (C=O) groups is 1. The lowest BCUT2D eigenvalue weighted by Gasteiger charge is -2.19. The second kappa shape index (κ2) is 8.52. The van der Waals surface area contributed by atoms with Crippen molar-refractivity contribution in [3.8, 4) is 5.75 Å². The van der Waals surface area contributed by atoms with Crippen molar-refractivity contribution in [3.63, 3.8) is 0 Å². The number of benzene rings is 2. The lowest BCUT2D eigenvalue weighted by atomic mass is 9.99. The van der Waals surface area contributed by atoms with E-state index in [2.05, 4.69) is 10.3 Å². The Labute approximate surface area is 167 Å². The average molecular weight is 391 g/mol. The van der Waals surface area contributed by atoms with Gasteiger partial charge < -0.3 is 10.4 Å². The molecule has 7 heteroatoms. The van der Waals surface area contributed by atoms with Gasteiger partial charge in [-0.1, -0.05) is 56.3 Å². The first-order valence-electron chi connectivity index (χ1n) is 9.17. The molecule has 1 aromatic heterocycles. The maximum absolute atomic E-state index is 12.4. The van der Waals surface area contributed by atoms with Crippen molar-refractivity contribution in [1.29, 1.82) is 0 Å². The van der Waals surface area contributed by atoms with Gasteiger partial charge in [0.25, 0.3) is 5.69 Å². The molecule has 1 heterocycles. The third kappa shape index (κ3) is 4.40. The van der Waals surface area contributed by atoms with Crippen LogP contribution in [0.1, 0.15) is 31.0 Å². The number of carbonyl (C=O) groups excluding carboxylic acids is 1. The summed E-state index contributed by atoms with van der Waals surface area (Å²) in [7, 11) is 0. The minimum atomic E-state index is -0.768. The number of aromatic hydroxyl groups is 1. The van der Waals surface area contributed by atoms with E-state index in [0.717, 1.165) is 5.56 Å². The summed E-state index contributed by atoms with van der Waals surface area (Å²) in [5.41, 5.74) is 1.04. The summed E-state index contributed by atoms with van der Waals surface area (Å²) in [6, 6.07) is 13.1. The second-order valence-corrected chi connectivity index (χ2v) is 6.90. The van der Waals surface area contributed by atoms with E-state index in [1.165, 1.54) is 18.3 Å². The van der Waals surface area contributed by atoms with E-state index < -0.39 is 11.0 Å². The number of amides is 1. The molecule has 2 N–H and O–H groups in total. The number of nitrogens with zero attached hydrogens (tertiary/aromatic N) is 2. The molecule has 0 spiro atoms. The van der Waals surface area contributed by atoms with E-state index in [4.69, 9.17) is 0 Å². The quantitative estimate of drug-likeness (QED) is 0.479. The number of hydrogen-bond acceptors (Lipinski definition) is 5. The monoisotopic (exact) mass is 391 g/mol. The number of pyridine rings is 1. The van der Waals surface area contributed by atoms with Crippen LogP contribution in [-0.4, -0.2) is 20.9 Å². The van der Waals surface area contributed by atoms with E-state index in [0.29, 0.717) is 0 Å². The Hall–Kier alpha value is -3.74. The van der Waals surface area contributed by atoms with Crippen molar-refractivity contribution < 1.29 is 14.8 Å². The zero-order chi connectivity index (χ0) is 21.0. The van der Waals surface area contributed by atoms with E-state index in [9.17, 15) is 20.0 Å². The molecule has 7 nitrogen and oxygen atoms in total. The van der Waals surface area contributed by atoms with Crippen LogP contribution in [0.3, 0.4) is 0 Å². The fraction of sp³-hybridized carbons (Fsp3) is 0.182. The summed E-state index contributed by atoms with van der Waals surface area (Å²) in [5.74, 6) is -0.729. The fourth-order valence-corrected chi connectivity index (χ4v) is 2.94. The molecule has 1 unspecified atom stereocenters. The molecule has 0 saturated carbocycles. The Balaban J connectivity index is 2.15. The standard InChI is InChI=1S/C22H21N3O4/c1-14(2)22(27)24-18(11-10-15-7-4-3-5-8-15)17-13-19(25(28)29)16-9-6-12-23-20(16)21(17)26/h3-14,18,26H,1-2H3,(H,24,27)/b11-10+. The van der Waals surface area contributed by atoms with Gasteiger partial charge in [-0.2, -0.15) is 0 Å². The first kappa shape index (κ1) is 20.0. The van der Waals surface area contributed by atoms with Crippen LogP contribution in [0, 0.1) is 16.0 Å². The number of fused-ring (bicyclic) bond motifs is 1. The molecule has 0 aliphatic carbocycles. The minimum absolute atomic E-state index is 0.119. The third-order valence-corrected chi connectivity index (χ3v) is 4.51. The zero-order valence-electron chi connectivity index (χ0n) is 16.1. The lowest BCUT2D eigenvalue weighted by Crippen LogP contribution is -2.31. The van der Waals surface area contributed by atoms with Gasteiger partial charge in [0, 0.05) is 23.7 Å². The maximum Gasteiger partial charge on any atom is 0.279 e. The molecule has 3 aromatic rings. The molecule has 2 aromatic carbocycles. The first-order chi connectivity index (χ1) is 13.9. The van der Waals surface area contributed by atoms with Gasteiger partial charge in [0.2, 0.25) is 5.91 Å². The van der Waals surface area contributed by atoms with Crippen LogP contribution in [0.4, 0.5) is 5.69 Å². The lowest BCUT2D eigenvalue weighted by molar-refractivity contribution is -0.383. The number of phenols is 1. The molecule has 29 heavy (non-hydrogen) atoms. The average Bonchev–Trinajstić information content (AvgIpc) is 2.72. The predicted octanol–water partition coefficient (Wildman–Crippen LogP) is 4.38. The number of nitro groups is 1. The van der Waals surface area contributed by atoms with Crippen LogP contribution >= 0.6 is 0 Å². The SMILES string of the molecule is CC(C)C(=O)NC(/C=C/c1ccccc1)c1cc([N+](=O)[O-])c2cccnc2c1O. The van der Waals surface area contributed by atoms with Crippen molar-refractivity contribution in [2.75, 3.05) is 0 Å². The molecule has 0 radical (unpaired) electrons. The summed E-state index contributed by atoms with van der Waals surface area (Å²) >= 11 is 0. The molecule has 1 atom stereocenters. The summed E-state index contributed by atoms with van der Waals surface area (Å²) < 4.78 is 0. The summed E-state index contributed by atoms with van der Waals surface area (Å²) in [5, 5.41) is 25.5. The van der Waals surface area contributed by atoms with E-state index >= 15 is 0 Å². The fourth-order valence-electron chi connectivity index (χ4n) is 2.94. The van der Waals surface area contributed by atoms with E-state index in [-0.39, 0.29) is 39.7 Å². The molecule has 0 fully saturated rings. The number of nitro benzene ring substituents is 1. The van der Waals surface area contributed by atoms with Crippen LogP contribution in [0.25, 0.3) is 17.0 Å². The molecular weight excluding hydrogens is 370 g/mol. The highest BCUT2D eigenvalue weighted by molar-refractivity contribution is 5.94. The van der Waals surface area contributed by atoms with E-state index in [1.54, 1.807) is 32.1 Å². The Morgan fingerprint density at radius 3 is 2.59 bits per heavy atom. The second-order valence-electron chi connectivity index (χ2n) is 6.90. The van der Waals surface area contributed by atoms with E-state index in [1.807, 2.05) is 30.3 Å². The van der Waals surface area contributed by atoms with Gasteiger partial charge in [0.15, 0.2) is 0 Å². The van der Waals surface area contributed by atoms with Crippen LogP contribution in [0.2, 0.25) is 0 Å². The number of hydrogen-bond donors (Lipinski definition) is 2. The zero-order valence-corrected chi connectivity index (χ0v) is 16.1. The van der Waals surface area contributed by atoms with Crippen LogP contribution < -0.4 is 5.32 Å². The Morgan fingerprint density at radius 1 is 1.21 bits per heavy atom. The number of nitrogens with one attached hydrogen (secondary N) is 1. The van der Waals surface area contributed by atoms with Crippen LogP contribution in [0.5, 0.6) is 5.75 Å². The number of phenolic OH excluding ortho intramolecular Hbond substituents is 1. The van der Waals surface area contributed by atoms with Crippen molar-refractivity contribution >= 4 is 28.6 Å². The van der Waals surface area contributed by atoms with Gasteiger partial charge in [-0.15, -0.1) is 0 Å². The Kier molecular flexibility index (Phi) is 5.87. The summed E-state index contributed by atoms with van der Waals surface area (Å²) in [6.45, 7) is 3.50. The van der Waals surface area contributed by atoms with Gasteiger partial charge in [0.1, 0.15) is 11.3 Å². The van der Waals surface area contributed by atoms with Crippen molar-refractivity contribution in [2.45, 2.75) is 19.9 Å². The highest BCUT2D eigenvalue weighted by Crippen LogP contribution is 2.38.